The lowest BCUT2D eigenvalue weighted by Gasteiger charge is -2.09. The fourth-order valence-corrected chi connectivity index (χ4v) is 2.26. The average Bonchev–Trinajstić information content (AvgIpc) is 2.72. The molecule has 0 aromatic carbocycles. The van der Waals surface area contributed by atoms with Crippen molar-refractivity contribution in [1.82, 2.24) is 9.97 Å². The molecule has 15 heavy (non-hydrogen) atoms. The van der Waals surface area contributed by atoms with Gasteiger partial charge in [0.1, 0.15) is 0 Å². The molecule has 0 saturated carbocycles. The van der Waals surface area contributed by atoms with Crippen molar-refractivity contribution in [3.8, 4) is 0 Å². The lowest BCUT2D eigenvalue weighted by Crippen LogP contribution is -2.07. The fraction of sp³-hybridized carbons (Fsp3) is 0.600. The maximum Gasteiger partial charge on any atom is 0.222 e. The zero-order chi connectivity index (χ0) is 10.7. The Morgan fingerprint density at radius 3 is 3.20 bits per heavy atom. The van der Waals surface area contributed by atoms with Gasteiger partial charge in [-0.05, 0) is 53.2 Å². The summed E-state index contributed by atoms with van der Waals surface area (Å²) in [6, 6.07) is 0. The molecule has 0 bridgehead atoms. The molecule has 1 atom stereocenters. The number of nitrogens with zero attached hydrogens (tertiary/aromatic N) is 2. The van der Waals surface area contributed by atoms with Crippen LogP contribution in [0.1, 0.15) is 25.0 Å². The molecule has 82 valence electrons. The van der Waals surface area contributed by atoms with E-state index in [1.807, 2.05) is 0 Å². The van der Waals surface area contributed by atoms with Gasteiger partial charge in [0.2, 0.25) is 5.28 Å². The number of halogens is 2. The molecule has 2 rings (SSSR count). The molecule has 1 fully saturated rings. The Hall–Kier alpha value is -0.190. The second-order valence-corrected chi connectivity index (χ2v) is 4.80. The molecule has 0 spiro atoms. The number of ether oxygens (including phenoxy) is 1. The quantitative estimate of drug-likeness (QED) is 0.803. The van der Waals surface area contributed by atoms with Crippen molar-refractivity contribution in [1.29, 1.82) is 0 Å². The van der Waals surface area contributed by atoms with Gasteiger partial charge in [-0.1, -0.05) is 0 Å². The first-order valence-corrected chi connectivity index (χ1v) is 6.21. The van der Waals surface area contributed by atoms with E-state index in [-0.39, 0.29) is 0 Å². The minimum Gasteiger partial charge on any atom is -0.378 e. The van der Waals surface area contributed by atoms with Crippen LogP contribution in [0.3, 0.4) is 0 Å². The highest BCUT2D eigenvalue weighted by Crippen LogP contribution is 2.21. The highest BCUT2D eigenvalue weighted by Gasteiger charge is 2.16. The van der Waals surface area contributed by atoms with Crippen LogP contribution in [0.4, 0.5) is 0 Å². The second-order valence-electron chi connectivity index (χ2n) is 3.61. The van der Waals surface area contributed by atoms with Gasteiger partial charge in [-0.15, -0.1) is 0 Å². The van der Waals surface area contributed by atoms with Gasteiger partial charge in [0.05, 0.1) is 16.3 Å². The third kappa shape index (κ3) is 3.13. The smallest absolute Gasteiger partial charge is 0.222 e. The molecule has 1 aliphatic heterocycles. The molecular formula is C10H12BrClN2O. The van der Waals surface area contributed by atoms with Crippen LogP contribution < -0.4 is 0 Å². The van der Waals surface area contributed by atoms with Crippen molar-refractivity contribution in [2.75, 3.05) is 6.61 Å². The summed E-state index contributed by atoms with van der Waals surface area (Å²) in [6.45, 7) is 0.899. The largest absolute Gasteiger partial charge is 0.378 e. The van der Waals surface area contributed by atoms with Gasteiger partial charge in [-0.2, -0.15) is 0 Å². The molecule has 1 saturated heterocycles. The number of aromatic nitrogens is 2. The summed E-state index contributed by atoms with van der Waals surface area (Å²) >= 11 is 9.15. The van der Waals surface area contributed by atoms with E-state index in [2.05, 4.69) is 25.9 Å². The molecule has 2 heterocycles. The first-order valence-electron chi connectivity index (χ1n) is 5.04. The molecule has 0 amide bonds. The first-order chi connectivity index (χ1) is 7.25. The van der Waals surface area contributed by atoms with E-state index < -0.39 is 0 Å². The molecule has 0 aliphatic carbocycles. The van der Waals surface area contributed by atoms with Gasteiger partial charge in [-0.25, -0.2) is 9.97 Å². The molecule has 0 N–H and O–H groups in total. The monoisotopic (exact) mass is 290 g/mol. The van der Waals surface area contributed by atoms with Gasteiger partial charge in [0.25, 0.3) is 0 Å². The Balaban J connectivity index is 1.94. The lowest BCUT2D eigenvalue weighted by atomic mass is 10.1. The Morgan fingerprint density at radius 2 is 2.47 bits per heavy atom. The van der Waals surface area contributed by atoms with Crippen molar-refractivity contribution >= 4 is 27.5 Å². The molecule has 1 unspecified atom stereocenters. The predicted octanol–water partition coefficient (Wildman–Crippen LogP) is 3.00. The lowest BCUT2D eigenvalue weighted by molar-refractivity contribution is 0.104. The van der Waals surface area contributed by atoms with E-state index in [9.17, 15) is 0 Å². The van der Waals surface area contributed by atoms with Gasteiger partial charge >= 0.3 is 0 Å². The minimum atomic E-state index is 0.306. The number of rotatable bonds is 3. The summed E-state index contributed by atoms with van der Waals surface area (Å²) in [5.74, 6) is 0. The van der Waals surface area contributed by atoms with E-state index in [4.69, 9.17) is 16.3 Å². The zero-order valence-electron chi connectivity index (χ0n) is 8.25. The van der Waals surface area contributed by atoms with E-state index in [0.717, 1.165) is 36.0 Å². The Labute approximate surface area is 102 Å². The summed E-state index contributed by atoms with van der Waals surface area (Å²) in [6.07, 6.45) is 6.32. The van der Waals surface area contributed by atoms with Crippen LogP contribution in [0.15, 0.2) is 10.7 Å². The fourth-order valence-electron chi connectivity index (χ4n) is 1.72. The minimum absolute atomic E-state index is 0.306. The van der Waals surface area contributed by atoms with Crippen molar-refractivity contribution in [2.24, 2.45) is 0 Å². The number of hydrogen-bond donors (Lipinski definition) is 0. The Bertz CT molecular complexity index is 342. The summed E-state index contributed by atoms with van der Waals surface area (Å²) in [5, 5.41) is 0.306. The van der Waals surface area contributed by atoms with Crippen molar-refractivity contribution < 1.29 is 4.74 Å². The van der Waals surface area contributed by atoms with Gasteiger partial charge in [-0.3, -0.25) is 0 Å². The van der Waals surface area contributed by atoms with Crippen LogP contribution in [0.5, 0.6) is 0 Å². The van der Waals surface area contributed by atoms with Crippen LogP contribution in [0, 0.1) is 0 Å². The van der Waals surface area contributed by atoms with Crippen molar-refractivity contribution in [3.05, 3.63) is 21.6 Å². The number of hydrogen-bond acceptors (Lipinski definition) is 3. The molecule has 1 aromatic heterocycles. The maximum absolute atomic E-state index is 5.74. The highest BCUT2D eigenvalue weighted by atomic mass is 79.9. The van der Waals surface area contributed by atoms with Crippen LogP contribution >= 0.6 is 27.5 Å². The molecule has 0 radical (unpaired) electrons. The van der Waals surface area contributed by atoms with Crippen LogP contribution in [-0.4, -0.2) is 22.7 Å². The molecule has 5 heteroatoms. The second kappa shape index (κ2) is 5.23. The molecular weight excluding hydrogens is 279 g/mol. The predicted molar refractivity (Wildman–Crippen MR) is 62.0 cm³/mol. The Kier molecular flexibility index (Phi) is 3.94. The summed E-state index contributed by atoms with van der Waals surface area (Å²) in [5.41, 5.74) is 0.963. The average molecular weight is 292 g/mol. The SMILES string of the molecule is Clc1ncc(Br)c(CCC2CCCO2)n1. The topological polar surface area (TPSA) is 35.0 Å². The summed E-state index contributed by atoms with van der Waals surface area (Å²) in [7, 11) is 0. The van der Waals surface area contributed by atoms with Crippen LogP contribution in [-0.2, 0) is 11.2 Å². The van der Waals surface area contributed by atoms with Gasteiger partial charge < -0.3 is 4.74 Å². The van der Waals surface area contributed by atoms with Crippen molar-refractivity contribution in [2.45, 2.75) is 31.8 Å². The normalized spacial score (nSPS) is 20.8. The van der Waals surface area contributed by atoms with Crippen molar-refractivity contribution in [3.63, 3.8) is 0 Å². The van der Waals surface area contributed by atoms with Gasteiger partial charge in [0.15, 0.2) is 0 Å². The van der Waals surface area contributed by atoms with E-state index in [1.54, 1.807) is 6.20 Å². The highest BCUT2D eigenvalue weighted by molar-refractivity contribution is 9.10. The maximum atomic E-state index is 5.74. The van der Waals surface area contributed by atoms with E-state index in [1.165, 1.54) is 6.42 Å². The van der Waals surface area contributed by atoms with Gasteiger partial charge in [0, 0.05) is 12.8 Å². The molecule has 1 aromatic rings. The third-order valence-corrected chi connectivity index (χ3v) is 3.36. The van der Waals surface area contributed by atoms with Crippen LogP contribution in [0.25, 0.3) is 0 Å². The molecule has 1 aliphatic rings. The zero-order valence-corrected chi connectivity index (χ0v) is 10.6. The van der Waals surface area contributed by atoms with E-state index in [0.29, 0.717) is 11.4 Å². The third-order valence-electron chi connectivity index (χ3n) is 2.51. The Morgan fingerprint density at radius 1 is 1.60 bits per heavy atom. The molecule has 3 nitrogen and oxygen atoms in total. The summed E-state index contributed by atoms with van der Waals surface area (Å²) in [4.78, 5) is 8.08. The number of aryl methyl sites for hydroxylation is 1. The standard InChI is InChI=1S/C10H12BrClN2O/c11-8-6-13-10(12)14-9(8)4-3-7-2-1-5-15-7/h6-7H,1-5H2. The van der Waals surface area contributed by atoms with Crippen LogP contribution in [0.2, 0.25) is 5.28 Å². The summed E-state index contributed by atoms with van der Waals surface area (Å²) < 4.78 is 6.47. The van der Waals surface area contributed by atoms with E-state index >= 15 is 0 Å². The first kappa shape index (κ1) is 11.3.